The van der Waals surface area contributed by atoms with Crippen LogP contribution in [0.5, 0.6) is 0 Å². The molecule has 0 unspecified atom stereocenters. The molecule has 0 radical (unpaired) electrons. The quantitative estimate of drug-likeness (QED) is 0.573. The zero-order chi connectivity index (χ0) is 9.40. The molecule has 0 nitrogen and oxygen atoms in total. The van der Waals surface area contributed by atoms with Crippen molar-refractivity contribution in [1.82, 2.24) is 0 Å². The van der Waals surface area contributed by atoms with E-state index in [1.54, 1.807) is 0 Å². The van der Waals surface area contributed by atoms with Crippen LogP contribution in [-0.2, 0) is 22.8 Å². The van der Waals surface area contributed by atoms with Crippen molar-refractivity contribution in [3.8, 4) is 0 Å². The summed E-state index contributed by atoms with van der Waals surface area (Å²) in [6.07, 6.45) is 1.18. The summed E-state index contributed by atoms with van der Waals surface area (Å²) < 4.78 is 0. The van der Waals surface area contributed by atoms with Gasteiger partial charge >= 0.3 is 30.0 Å². The average Bonchev–Trinajstić information content (AvgIpc) is 2.08. The van der Waals surface area contributed by atoms with Gasteiger partial charge < -0.3 is 0 Å². The molecule has 0 saturated carbocycles. The van der Waals surface area contributed by atoms with E-state index in [0.29, 0.717) is 0 Å². The minimum atomic E-state index is 0.752. The second-order valence-corrected chi connectivity index (χ2v) is 3.01. The Morgan fingerprint density at radius 2 is 1.83 bits per heavy atom. The molecular formula is C10H13BrZn. The standard InChI is InChI=1S/C10H13.BrH.Zn/c1-9(2)8-10-6-4-3-5-7-10;;/h4-7,9H,8H2,1-2H3;1H;/q-1;;+2/p-1. The van der Waals surface area contributed by atoms with Crippen molar-refractivity contribution in [2.24, 2.45) is 5.92 Å². The first-order chi connectivity index (χ1) is 5.79. The van der Waals surface area contributed by atoms with Crippen LogP contribution in [0.2, 0.25) is 0 Å². The van der Waals surface area contributed by atoms with Gasteiger partial charge in [-0.3, -0.25) is 0 Å². The Bertz CT molecular complexity index is 184. The Hall–Kier alpha value is 0.323. The average molecular weight is 279 g/mol. The van der Waals surface area contributed by atoms with Crippen molar-refractivity contribution in [3.05, 3.63) is 35.9 Å². The van der Waals surface area contributed by atoms with E-state index in [2.05, 4.69) is 45.7 Å². The van der Waals surface area contributed by atoms with Crippen LogP contribution in [0.4, 0.5) is 0 Å². The molecule has 0 amide bonds. The van der Waals surface area contributed by atoms with Gasteiger partial charge in [0.15, 0.2) is 0 Å². The molecule has 0 aliphatic rings. The van der Waals surface area contributed by atoms with Crippen LogP contribution < -0.4 is 0 Å². The van der Waals surface area contributed by atoms with Gasteiger partial charge in [0.05, 0.1) is 0 Å². The predicted molar refractivity (Wildman–Crippen MR) is 52.7 cm³/mol. The third-order valence-electron chi connectivity index (χ3n) is 1.43. The maximum atomic E-state index is 3.06. The molecule has 0 saturated heterocycles. The minimum absolute atomic E-state index is 0.752. The zero-order valence-corrected chi connectivity index (χ0v) is 12.2. The van der Waals surface area contributed by atoms with E-state index in [1.807, 2.05) is 12.1 Å². The maximum absolute atomic E-state index is 3.06. The van der Waals surface area contributed by atoms with Crippen LogP contribution >= 0.6 is 13.6 Å². The number of hydrogen-bond donors (Lipinski definition) is 0. The first-order valence-corrected chi connectivity index (χ1v) is 11.0. The molecule has 0 spiro atoms. The van der Waals surface area contributed by atoms with Crippen LogP contribution in [0.1, 0.15) is 19.4 Å². The van der Waals surface area contributed by atoms with Gasteiger partial charge in [-0.15, -0.1) is 0 Å². The first-order valence-electron chi connectivity index (χ1n) is 4.01. The van der Waals surface area contributed by atoms with Crippen molar-refractivity contribution in [1.29, 1.82) is 0 Å². The van der Waals surface area contributed by atoms with E-state index >= 15 is 0 Å². The first kappa shape index (κ1) is 12.3. The summed E-state index contributed by atoms with van der Waals surface area (Å²) in [5.41, 5.74) is 1.41. The number of rotatable bonds is 2. The molecule has 0 aliphatic carbocycles. The molecule has 0 heterocycles. The van der Waals surface area contributed by atoms with Crippen LogP contribution in [0, 0.1) is 12.0 Å². The number of benzene rings is 1. The Labute approximate surface area is 91.8 Å². The van der Waals surface area contributed by atoms with Crippen molar-refractivity contribution in [2.75, 3.05) is 0 Å². The monoisotopic (exact) mass is 276 g/mol. The number of hydrogen-bond acceptors (Lipinski definition) is 0. The molecule has 12 heavy (non-hydrogen) atoms. The second kappa shape index (κ2) is 7.95. The van der Waals surface area contributed by atoms with Gasteiger partial charge in [0.1, 0.15) is 0 Å². The fraction of sp³-hybridized carbons (Fsp3) is 0.400. The Balaban J connectivity index is 0.000000561. The van der Waals surface area contributed by atoms with E-state index in [1.165, 1.54) is 28.3 Å². The molecule has 2 heteroatoms. The van der Waals surface area contributed by atoms with Gasteiger partial charge in [0.2, 0.25) is 0 Å². The van der Waals surface area contributed by atoms with E-state index in [9.17, 15) is 0 Å². The van der Waals surface area contributed by atoms with E-state index < -0.39 is 0 Å². The van der Waals surface area contributed by atoms with Crippen LogP contribution in [-0.4, -0.2) is 0 Å². The van der Waals surface area contributed by atoms with Gasteiger partial charge in [-0.2, -0.15) is 35.9 Å². The Morgan fingerprint density at radius 1 is 1.33 bits per heavy atom. The summed E-state index contributed by atoms with van der Waals surface area (Å²) in [7, 11) is 0. The fourth-order valence-corrected chi connectivity index (χ4v) is 1.03. The van der Waals surface area contributed by atoms with E-state index in [0.717, 1.165) is 5.92 Å². The third-order valence-corrected chi connectivity index (χ3v) is 1.43. The fourth-order valence-electron chi connectivity index (χ4n) is 1.03. The van der Waals surface area contributed by atoms with Crippen molar-refractivity contribution >= 4 is 13.6 Å². The van der Waals surface area contributed by atoms with Crippen molar-refractivity contribution in [2.45, 2.75) is 20.3 Å². The zero-order valence-electron chi connectivity index (χ0n) is 7.68. The number of halogens is 1. The molecule has 1 aromatic carbocycles. The van der Waals surface area contributed by atoms with Gasteiger partial charge in [-0.25, -0.2) is 0 Å². The SMILES string of the molecule is CC(C)Cc1cc[c-]cc1.[Zn+][Br]. The molecule has 0 aromatic heterocycles. The van der Waals surface area contributed by atoms with E-state index in [-0.39, 0.29) is 0 Å². The normalized spacial score (nSPS) is 9.17. The van der Waals surface area contributed by atoms with Crippen LogP contribution in [0.15, 0.2) is 24.3 Å². The summed E-state index contributed by atoms with van der Waals surface area (Å²) >= 11 is 4.25. The summed E-state index contributed by atoms with van der Waals surface area (Å²) in [6.45, 7) is 4.47. The van der Waals surface area contributed by atoms with Crippen molar-refractivity contribution in [3.63, 3.8) is 0 Å². The second-order valence-electron chi connectivity index (χ2n) is 3.01. The third kappa shape index (κ3) is 5.91. The molecule has 0 atom stereocenters. The topological polar surface area (TPSA) is 0 Å². The summed E-state index contributed by atoms with van der Waals surface area (Å²) in [6, 6.07) is 11.2. The van der Waals surface area contributed by atoms with Gasteiger partial charge in [-0.05, 0) is 12.3 Å². The molecule has 0 fully saturated rings. The van der Waals surface area contributed by atoms with Gasteiger partial charge in [-0.1, -0.05) is 13.8 Å². The molecule has 0 N–H and O–H groups in total. The molecule has 0 bridgehead atoms. The summed E-state index contributed by atoms with van der Waals surface area (Å²) in [5.74, 6) is 0.752. The Morgan fingerprint density at radius 3 is 2.25 bits per heavy atom. The predicted octanol–water partition coefficient (Wildman–Crippen LogP) is 3.53. The van der Waals surface area contributed by atoms with Gasteiger partial charge in [0.25, 0.3) is 0 Å². The molecule has 1 aromatic rings. The Kier molecular flexibility index (Phi) is 8.16. The molecular weight excluding hydrogens is 265 g/mol. The molecule has 0 aliphatic heterocycles. The molecule has 1 rings (SSSR count). The summed E-state index contributed by atoms with van der Waals surface area (Å²) in [4.78, 5) is 0. The van der Waals surface area contributed by atoms with Crippen LogP contribution in [0.3, 0.4) is 0 Å². The molecule has 62 valence electrons. The summed E-state index contributed by atoms with van der Waals surface area (Å²) in [5, 5.41) is 0. The van der Waals surface area contributed by atoms with Gasteiger partial charge in [0, 0.05) is 0 Å². The van der Waals surface area contributed by atoms with E-state index in [4.69, 9.17) is 0 Å². The van der Waals surface area contributed by atoms with Crippen molar-refractivity contribution < 1.29 is 16.3 Å². The van der Waals surface area contributed by atoms with Crippen LogP contribution in [0.25, 0.3) is 0 Å².